The van der Waals surface area contributed by atoms with Gasteiger partial charge in [-0.05, 0) is 49.1 Å². The number of amides is 1. The van der Waals surface area contributed by atoms with E-state index < -0.39 is 6.10 Å². The first-order chi connectivity index (χ1) is 12.0. The number of hydrogen-bond acceptors (Lipinski definition) is 4. The Bertz CT molecular complexity index is 839. The molecule has 2 N–H and O–H groups in total. The van der Waals surface area contributed by atoms with Gasteiger partial charge in [-0.2, -0.15) is 0 Å². The van der Waals surface area contributed by atoms with Crippen LogP contribution in [0.5, 0.6) is 5.75 Å². The van der Waals surface area contributed by atoms with Crippen molar-refractivity contribution in [1.82, 2.24) is 5.32 Å². The SMILES string of the molecule is CC(C)Oc1cccc(C(O)CNC(=O)c2cc3ccccc3s2)c1. The van der Waals surface area contributed by atoms with Crippen LogP contribution in [0.2, 0.25) is 0 Å². The summed E-state index contributed by atoms with van der Waals surface area (Å²) in [5.41, 5.74) is 0.717. The number of ether oxygens (including phenoxy) is 1. The average Bonchev–Trinajstić information content (AvgIpc) is 3.03. The highest BCUT2D eigenvalue weighted by molar-refractivity contribution is 7.20. The van der Waals surface area contributed by atoms with Gasteiger partial charge in [0, 0.05) is 11.2 Å². The third-order valence-electron chi connectivity index (χ3n) is 3.72. The lowest BCUT2D eigenvalue weighted by atomic mass is 10.1. The molecule has 3 aromatic rings. The van der Waals surface area contributed by atoms with E-state index in [4.69, 9.17) is 4.74 Å². The quantitative estimate of drug-likeness (QED) is 0.698. The van der Waals surface area contributed by atoms with Crippen LogP contribution in [-0.4, -0.2) is 23.7 Å². The van der Waals surface area contributed by atoms with Crippen LogP contribution in [0.25, 0.3) is 10.1 Å². The van der Waals surface area contributed by atoms with Crippen LogP contribution in [0, 0.1) is 0 Å². The predicted molar refractivity (Wildman–Crippen MR) is 101 cm³/mol. The molecule has 5 heteroatoms. The van der Waals surface area contributed by atoms with Gasteiger partial charge in [0.1, 0.15) is 5.75 Å². The van der Waals surface area contributed by atoms with Crippen LogP contribution in [0.3, 0.4) is 0 Å². The maximum atomic E-state index is 12.3. The number of thiophene rings is 1. The molecule has 2 aromatic carbocycles. The lowest BCUT2D eigenvalue weighted by molar-refractivity contribution is 0.0920. The van der Waals surface area contributed by atoms with Crippen LogP contribution in [0.15, 0.2) is 54.6 Å². The van der Waals surface area contributed by atoms with Gasteiger partial charge in [0.2, 0.25) is 0 Å². The van der Waals surface area contributed by atoms with Gasteiger partial charge in [-0.15, -0.1) is 11.3 Å². The zero-order valence-corrected chi connectivity index (χ0v) is 15.0. The number of carbonyl (C=O) groups is 1. The second-order valence-corrected chi connectivity index (χ2v) is 7.20. The standard InChI is InChI=1S/C20H21NO3S/c1-13(2)24-16-8-5-7-14(10-16)17(22)12-21-20(23)19-11-15-6-3-4-9-18(15)25-19/h3-11,13,17,22H,12H2,1-2H3,(H,21,23). The monoisotopic (exact) mass is 355 g/mol. The number of aliphatic hydroxyl groups excluding tert-OH is 1. The molecule has 0 aliphatic carbocycles. The Hall–Kier alpha value is -2.37. The Balaban J connectivity index is 1.63. The zero-order valence-electron chi connectivity index (χ0n) is 14.2. The topological polar surface area (TPSA) is 58.6 Å². The summed E-state index contributed by atoms with van der Waals surface area (Å²) in [5.74, 6) is 0.539. The Morgan fingerprint density at radius 3 is 2.72 bits per heavy atom. The molecule has 130 valence electrons. The number of fused-ring (bicyclic) bond motifs is 1. The number of aliphatic hydroxyl groups is 1. The van der Waals surface area contributed by atoms with E-state index >= 15 is 0 Å². The van der Waals surface area contributed by atoms with E-state index in [9.17, 15) is 9.90 Å². The number of benzene rings is 2. The normalized spacial score (nSPS) is 12.3. The average molecular weight is 355 g/mol. The first-order valence-corrected chi connectivity index (χ1v) is 9.06. The molecule has 0 aliphatic rings. The third-order valence-corrected chi connectivity index (χ3v) is 4.83. The Morgan fingerprint density at radius 1 is 1.16 bits per heavy atom. The maximum Gasteiger partial charge on any atom is 0.261 e. The fourth-order valence-corrected chi connectivity index (χ4v) is 3.53. The van der Waals surface area contributed by atoms with E-state index in [2.05, 4.69) is 5.32 Å². The summed E-state index contributed by atoms with van der Waals surface area (Å²) in [6.07, 6.45) is -0.714. The van der Waals surface area contributed by atoms with Crippen molar-refractivity contribution in [2.45, 2.75) is 26.1 Å². The van der Waals surface area contributed by atoms with Crippen LogP contribution < -0.4 is 10.1 Å². The summed E-state index contributed by atoms with van der Waals surface area (Å²) in [7, 11) is 0. The molecule has 1 heterocycles. The van der Waals surface area contributed by atoms with Crippen LogP contribution >= 0.6 is 11.3 Å². The van der Waals surface area contributed by atoms with Crippen molar-refractivity contribution in [1.29, 1.82) is 0 Å². The summed E-state index contributed by atoms with van der Waals surface area (Å²) in [6, 6.07) is 17.1. The lowest BCUT2D eigenvalue weighted by Crippen LogP contribution is -2.27. The van der Waals surface area contributed by atoms with Gasteiger partial charge in [0.15, 0.2) is 0 Å². The van der Waals surface area contributed by atoms with Gasteiger partial charge < -0.3 is 15.2 Å². The minimum atomic E-state index is -0.783. The molecule has 0 fully saturated rings. The first-order valence-electron chi connectivity index (χ1n) is 8.24. The van der Waals surface area contributed by atoms with E-state index in [-0.39, 0.29) is 18.6 Å². The fraction of sp³-hybridized carbons (Fsp3) is 0.250. The fourth-order valence-electron chi connectivity index (χ4n) is 2.56. The Labute approximate surface area is 151 Å². The van der Waals surface area contributed by atoms with Crippen molar-refractivity contribution in [2.75, 3.05) is 6.54 Å². The summed E-state index contributed by atoms with van der Waals surface area (Å²) >= 11 is 1.45. The third kappa shape index (κ3) is 4.38. The maximum absolute atomic E-state index is 12.3. The van der Waals surface area contributed by atoms with E-state index in [0.29, 0.717) is 10.6 Å². The van der Waals surface area contributed by atoms with Gasteiger partial charge in [-0.3, -0.25) is 4.79 Å². The molecule has 1 unspecified atom stereocenters. The van der Waals surface area contributed by atoms with Crippen molar-refractivity contribution in [3.8, 4) is 5.75 Å². The summed E-state index contributed by atoms with van der Waals surface area (Å²) < 4.78 is 6.71. The van der Waals surface area contributed by atoms with E-state index in [1.165, 1.54) is 11.3 Å². The highest BCUT2D eigenvalue weighted by Gasteiger charge is 2.14. The summed E-state index contributed by atoms with van der Waals surface area (Å²) in [6.45, 7) is 4.06. The predicted octanol–water partition coefficient (Wildman–Crippen LogP) is 4.15. The molecule has 3 rings (SSSR count). The second kappa shape index (κ2) is 7.68. The highest BCUT2D eigenvalue weighted by Crippen LogP contribution is 2.25. The second-order valence-electron chi connectivity index (χ2n) is 6.11. The molecule has 25 heavy (non-hydrogen) atoms. The van der Waals surface area contributed by atoms with Crippen molar-refractivity contribution in [2.24, 2.45) is 0 Å². The number of carbonyl (C=O) groups excluding carboxylic acids is 1. The van der Waals surface area contributed by atoms with Gasteiger partial charge in [-0.1, -0.05) is 30.3 Å². The Morgan fingerprint density at radius 2 is 1.96 bits per heavy atom. The molecule has 1 amide bonds. The molecular formula is C20H21NO3S. The van der Waals surface area contributed by atoms with Crippen molar-refractivity contribution >= 4 is 27.3 Å². The minimum absolute atomic E-state index is 0.0695. The van der Waals surface area contributed by atoms with E-state index in [1.54, 1.807) is 6.07 Å². The van der Waals surface area contributed by atoms with E-state index in [1.807, 2.05) is 62.4 Å². The highest BCUT2D eigenvalue weighted by atomic mass is 32.1. The van der Waals surface area contributed by atoms with Crippen molar-refractivity contribution in [3.05, 3.63) is 65.0 Å². The number of rotatable bonds is 6. The molecule has 1 aromatic heterocycles. The zero-order chi connectivity index (χ0) is 17.8. The van der Waals surface area contributed by atoms with Gasteiger partial charge in [-0.25, -0.2) is 0 Å². The summed E-state index contributed by atoms with van der Waals surface area (Å²) in [4.78, 5) is 13.0. The van der Waals surface area contributed by atoms with Crippen LogP contribution in [0.4, 0.5) is 0 Å². The molecule has 0 saturated heterocycles. The van der Waals surface area contributed by atoms with Gasteiger partial charge in [0.05, 0.1) is 17.1 Å². The molecule has 1 atom stereocenters. The molecule has 0 spiro atoms. The van der Waals surface area contributed by atoms with Crippen molar-refractivity contribution in [3.63, 3.8) is 0 Å². The molecule has 0 aliphatic heterocycles. The molecule has 4 nitrogen and oxygen atoms in total. The lowest BCUT2D eigenvalue weighted by Gasteiger charge is -2.15. The smallest absolute Gasteiger partial charge is 0.261 e. The largest absolute Gasteiger partial charge is 0.491 e. The first kappa shape index (κ1) is 17.5. The summed E-state index contributed by atoms with van der Waals surface area (Å²) in [5, 5.41) is 14.2. The van der Waals surface area contributed by atoms with Crippen molar-refractivity contribution < 1.29 is 14.6 Å². The molecular weight excluding hydrogens is 334 g/mol. The number of nitrogens with one attached hydrogen (secondary N) is 1. The molecule has 0 bridgehead atoms. The minimum Gasteiger partial charge on any atom is -0.491 e. The van der Waals surface area contributed by atoms with Gasteiger partial charge in [0.25, 0.3) is 5.91 Å². The molecule has 0 radical (unpaired) electrons. The Kier molecular flexibility index (Phi) is 5.36. The number of hydrogen-bond donors (Lipinski definition) is 2. The van der Waals surface area contributed by atoms with Crippen LogP contribution in [-0.2, 0) is 0 Å². The van der Waals surface area contributed by atoms with E-state index in [0.717, 1.165) is 15.6 Å². The van der Waals surface area contributed by atoms with Crippen LogP contribution in [0.1, 0.15) is 35.2 Å². The molecule has 0 saturated carbocycles. The van der Waals surface area contributed by atoms with Gasteiger partial charge >= 0.3 is 0 Å².